The highest BCUT2D eigenvalue weighted by Gasteiger charge is 2.58. The Kier molecular flexibility index (Phi) is 5.92. The molecule has 23 heavy (non-hydrogen) atoms. The van der Waals surface area contributed by atoms with Crippen LogP contribution in [0.15, 0.2) is 0 Å². The van der Waals surface area contributed by atoms with Crippen molar-refractivity contribution in [1.29, 1.82) is 0 Å². The molecule has 2 fully saturated rings. The molecule has 0 bridgehead atoms. The number of rotatable bonds is 5. The van der Waals surface area contributed by atoms with Crippen molar-refractivity contribution in [3.63, 3.8) is 0 Å². The Morgan fingerprint density at radius 2 is 1.48 bits per heavy atom. The largest absolute Gasteiger partial charge is 0.391 e. The van der Waals surface area contributed by atoms with Crippen LogP contribution in [0.1, 0.15) is 0 Å². The second-order valence-corrected chi connectivity index (χ2v) is 5.67. The summed E-state index contributed by atoms with van der Waals surface area (Å²) in [5.41, 5.74) is 10.8. The number of hydrogen-bond donors (Lipinski definition) is 8. The summed E-state index contributed by atoms with van der Waals surface area (Å²) >= 11 is 0. The maximum Gasteiger partial charge on any atom is 0.224 e. The highest BCUT2D eigenvalue weighted by atomic mass is 16.8. The zero-order chi connectivity index (χ0) is 17.4. The van der Waals surface area contributed by atoms with Crippen LogP contribution in [0, 0.1) is 0 Å². The van der Waals surface area contributed by atoms with Gasteiger partial charge in [-0.05, 0) is 0 Å². The summed E-state index contributed by atoms with van der Waals surface area (Å²) < 4.78 is 15.9. The molecule has 0 aromatic rings. The highest BCUT2D eigenvalue weighted by molar-refractivity contribution is 4.98. The molecule has 11 nitrogen and oxygen atoms in total. The molecule has 0 spiro atoms. The van der Waals surface area contributed by atoms with E-state index in [9.17, 15) is 30.6 Å². The number of aliphatic hydroxyl groups excluding tert-OH is 6. The molecule has 11 heteroatoms. The first-order chi connectivity index (χ1) is 10.8. The number of aliphatic hydroxyl groups is 6. The minimum Gasteiger partial charge on any atom is -0.391 e. The molecule has 3 unspecified atom stereocenters. The number of ether oxygens (including phenoxy) is 3. The molecule has 9 atom stereocenters. The van der Waals surface area contributed by atoms with E-state index in [2.05, 4.69) is 0 Å². The lowest BCUT2D eigenvalue weighted by Crippen LogP contribution is -2.63. The third-order valence-corrected chi connectivity index (χ3v) is 4.18. The van der Waals surface area contributed by atoms with Crippen LogP contribution in [-0.4, -0.2) is 105 Å². The van der Waals surface area contributed by atoms with Gasteiger partial charge in [0.15, 0.2) is 6.29 Å². The van der Waals surface area contributed by atoms with Crippen molar-refractivity contribution >= 4 is 0 Å². The van der Waals surface area contributed by atoms with Crippen molar-refractivity contribution in [3.05, 3.63) is 0 Å². The maximum absolute atomic E-state index is 10.1. The Labute approximate surface area is 132 Å². The standard InChI is InChI=1S/C12H24N2O9/c13-1-4-6(16)8(18)9(19)11(21-4)23-12(3-15)10(20)7(17)5(2-14)22-12/h4-11,15-20H,1-3,13-14H2/t4?,5-,6-,7+,8+,9?,10?,11+,12+/m1/s1. The average Bonchev–Trinajstić information content (AvgIpc) is 2.80. The van der Waals surface area contributed by atoms with Crippen LogP contribution in [-0.2, 0) is 14.2 Å². The van der Waals surface area contributed by atoms with Crippen molar-refractivity contribution in [3.8, 4) is 0 Å². The van der Waals surface area contributed by atoms with Crippen molar-refractivity contribution in [1.82, 2.24) is 0 Å². The third-order valence-electron chi connectivity index (χ3n) is 4.18. The summed E-state index contributed by atoms with van der Waals surface area (Å²) in [7, 11) is 0. The lowest BCUT2D eigenvalue weighted by molar-refractivity contribution is -0.380. The second-order valence-electron chi connectivity index (χ2n) is 5.67. The third kappa shape index (κ3) is 3.23. The van der Waals surface area contributed by atoms with Crippen LogP contribution in [0.25, 0.3) is 0 Å². The van der Waals surface area contributed by atoms with Gasteiger partial charge in [0.1, 0.15) is 49.3 Å². The Bertz CT molecular complexity index is 401. The van der Waals surface area contributed by atoms with E-state index < -0.39 is 61.4 Å². The summed E-state index contributed by atoms with van der Waals surface area (Å²) in [6, 6.07) is 0. The topological polar surface area (TPSA) is 201 Å². The minimum atomic E-state index is -2.10. The van der Waals surface area contributed by atoms with E-state index in [-0.39, 0.29) is 13.1 Å². The Balaban J connectivity index is 2.18. The summed E-state index contributed by atoms with van der Waals surface area (Å²) in [5.74, 6) is -2.10. The number of hydrogen-bond acceptors (Lipinski definition) is 11. The Hall–Kier alpha value is -0.440. The van der Waals surface area contributed by atoms with E-state index in [1.807, 2.05) is 0 Å². The lowest BCUT2D eigenvalue weighted by Gasteiger charge is -2.43. The van der Waals surface area contributed by atoms with E-state index in [4.69, 9.17) is 25.7 Å². The van der Waals surface area contributed by atoms with Gasteiger partial charge in [-0.3, -0.25) is 0 Å². The van der Waals surface area contributed by atoms with Gasteiger partial charge < -0.3 is 56.3 Å². The fourth-order valence-corrected chi connectivity index (χ4v) is 2.72. The highest BCUT2D eigenvalue weighted by Crippen LogP contribution is 2.35. The molecule has 0 radical (unpaired) electrons. The molecule has 0 aromatic carbocycles. The molecule has 10 N–H and O–H groups in total. The van der Waals surface area contributed by atoms with Crippen LogP contribution >= 0.6 is 0 Å². The van der Waals surface area contributed by atoms with Gasteiger partial charge in [0.05, 0.1) is 0 Å². The number of nitrogens with two attached hydrogens (primary N) is 2. The fraction of sp³-hybridized carbons (Fsp3) is 1.00. The van der Waals surface area contributed by atoms with Gasteiger partial charge in [-0.15, -0.1) is 0 Å². The normalized spacial score (nSPS) is 51.1. The monoisotopic (exact) mass is 340 g/mol. The fourth-order valence-electron chi connectivity index (χ4n) is 2.72. The first-order valence-electron chi connectivity index (χ1n) is 7.23. The average molecular weight is 340 g/mol. The lowest BCUT2D eigenvalue weighted by atomic mass is 9.98. The summed E-state index contributed by atoms with van der Waals surface area (Å²) in [6.07, 6.45) is -11.4. The van der Waals surface area contributed by atoms with Crippen molar-refractivity contribution in [2.45, 2.75) is 54.8 Å². The summed E-state index contributed by atoms with van der Waals surface area (Å²) in [6.45, 7) is -1.20. The van der Waals surface area contributed by atoms with Crippen LogP contribution in [0.5, 0.6) is 0 Å². The minimum absolute atomic E-state index is 0.149. The smallest absolute Gasteiger partial charge is 0.224 e. The summed E-state index contributed by atoms with van der Waals surface area (Å²) in [5, 5.41) is 59.0. The molecule has 2 aliphatic rings. The van der Waals surface area contributed by atoms with Gasteiger partial charge in [0.2, 0.25) is 5.79 Å². The molecule has 2 rings (SSSR count). The molecule has 2 saturated heterocycles. The quantitative estimate of drug-likeness (QED) is 0.237. The van der Waals surface area contributed by atoms with Crippen LogP contribution in [0.4, 0.5) is 0 Å². The van der Waals surface area contributed by atoms with Gasteiger partial charge in [-0.2, -0.15) is 0 Å². The molecular weight excluding hydrogens is 316 g/mol. The van der Waals surface area contributed by atoms with Crippen LogP contribution in [0.3, 0.4) is 0 Å². The second kappa shape index (κ2) is 7.21. The molecule has 0 aromatic heterocycles. The van der Waals surface area contributed by atoms with E-state index in [1.54, 1.807) is 0 Å². The van der Waals surface area contributed by atoms with Crippen molar-refractivity contribution in [2.24, 2.45) is 11.5 Å². The first-order valence-corrected chi connectivity index (χ1v) is 7.23. The van der Waals surface area contributed by atoms with E-state index in [1.165, 1.54) is 0 Å². The molecule has 0 amide bonds. The van der Waals surface area contributed by atoms with E-state index >= 15 is 0 Å². The maximum atomic E-state index is 10.1. The predicted molar refractivity (Wildman–Crippen MR) is 72.6 cm³/mol. The Morgan fingerprint density at radius 1 is 0.870 bits per heavy atom. The Morgan fingerprint density at radius 3 is 1.96 bits per heavy atom. The van der Waals surface area contributed by atoms with Gasteiger partial charge >= 0.3 is 0 Å². The van der Waals surface area contributed by atoms with E-state index in [0.717, 1.165) is 0 Å². The predicted octanol–water partition coefficient (Wildman–Crippen LogP) is -5.46. The van der Waals surface area contributed by atoms with Gasteiger partial charge in [0.25, 0.3) is 0 Å². The van der Waals surface area contributed by atoms with Gasteiger partial charge in [-0.1, -0.05) is 0 Å². The molecule has 0 saturated carbocycles. The van der Waals surface area contributed by atoms with Gasteiger partial charge in [-0.25, -0.2) is 0 Å². The van der Waals surface area contributed by atoms with Crippen molar-refractivity contribution in [2.75, 3.05) is 19.7 Å². The molecule has 0 aliphatic carbocycles. The summed E-state index contributed by atoms with van der Waals surface area (Å²) in [4.78, 5) is 0. The molecular formula is C12H24N2O9. The SMILES string of the molecule is NCC1O[C@@H](O[C@]2(CO)O[C@H](CN)[C@H](O)C2O)C(O)[C@@H](O)[C@@H]1O. The molecule has 2 aliphatic heterocycles. The van der Waals surface area contributed by atoms with E-state index in [0.29, 0.717) is 0 Å². The van der Waals surface area contributed by atoms with Crippen molar-refractivity contribution < 1.29 is 44.8 Å². The zero-order valence-electron chi connectivity index (χ0n) is 12.3. The van der Waals surface area contributed by atoms with Crippen LogP contribution < -0.4 is 11.5 Å². The van der Waals surface area contributed by atoms with Gasteiger partial charge in [0, 0.05) is 13.1 Å². The first kappa shape index (κ1) is 18.9. The molecule has 2 heterocycles. The molecule has 136 valence electrons. The van der Waals surface area contributed by atoms with Crippen LogP contribution in [0.2, 0.25) is 0 Å². The zero-order valence-corrected chi connectivity index (χ0v) is 12.3.